The second kappa shape index (κ2) is 9.24. The number of nitrogens with zero attached hydrogens (tertiary/aromatic N) is 2. The molecule has 4 aromatic carbocycles. The van der Waals surface area contributed by atoms with Crippen LogP contribution in [0.15, 0.2) is 102 Å². The van der Waals surface area contributed by atoms with Gasteiger partial charge in [-0.3, -0.25) is 9.59 Å². The lowest BCUT2D eigenvalue weighted by Crippen LogP contribution is -2.41. The van der Waals surface area contributed by atoms with Crippen molar-refractivity contribution in [2.45, 2.75) is 18.4 Å². The van der Waals surface area contributed by atoms with Gasteiger partial charge >= 0.3 is 0 Å². The Morgan fingerprint density at radius 3 is 1.79 bits per heavy atom. The number of benzene rings is 4. The van der Waals surface area contributed by atoms with E-state index >= 15 is 0 Å². The lowest BCUT2D eigenvalue weighted by atomic mass is 9.55. The van der Waals surface area contributed by atoms with E-state index in [9.17, 15) is 9.59 Å². The van der Waals surface area contributed by atoms with Gasteiger partial charge in [0.15, 0.2) is 11.5 Å². The molecule has 1 heterocycles. The molecule has 0 saturated carbocycles. The van der Waals surface area contributed by atoms with Gasteiger partial charge in [-0.2, -0.15) is 10.1 Å². The first-order valence-corrected chi connectivity index (χ1v) is 13.1. The van der Waals surface area contributed by atoms with E-state index in [2.05, 4.69) is 29.4 Å². The first-order chi connectivity index (χ1) is 19.2. The van der Waals surface area contributed by atoms with Crippen LogP contribution in [0, 0.1) is 11.8 Å². The summed E-state index contributed by atoms with van der Waals surface area (Å²) in [5.74, 6) is -0.530. The lowest BCUT2D eigenvalue weighted by molar-refractivity contribution is -0.139. The van der Waals surface area contributed by atoms with Crippen molar-refractivity contribution in [1.82, 2.24) is 5.01 Å². The van der Waals surface area contributed by atoms with E-state index in [0.29, 0.717) is 23.7 Å². The van der Waals surface area contributed by atoms with Crippen molar-refractivity contribution in [2.24, 2.45) is 16.9 Å². The molecule has 8 rings (SSSR count). The molecule has 0 N–H and O–H groups in total. The van der Waals surface area contributed by atoms with Crippen molar-refractivity contribution in [3.63, 3.8) is 0 Å². The Morgan fingerprint density at radius 2 is 1.26 bits per heavy atom. The van der Waals surface area contributed by atoms with Crippen molar-refractivity contribution in [3.05, 3.63) is 130 Å². The fraction of sp³-hybridized carbons (Fsp3) is 0.182. The molecule has 4 aromatic rings. The maximum atomic E-state index is 13.7. The number of imide groups is 1. The summed E-state index contributed by atoms with van der Waals surface area (Å²) >= 11 is 0. The minimum Gasteiger partial charge on any atom is -0.493 e. The van der Waals surface area contributed by atoms with Crippen LogP contribution in [0.25, 0.3) is 0 Å². The van der Waals surface area contributed by atoms with Crippen LogP contribution in [-0.2, 0) is 16.2 Å². The summed E-state index contributed by atoms with van der Waals surface area (Å²) in [6, 6.07) is 31.7. The number of ether oxygens (including phenoxy) is 2. The van der Waals surface area contributed by atoms with Crippen LogP contribution in [0.4, 0.5) is 0 Å². The zero-order valence-electron chi connectivity index (χ0n) is 21.4. The normalized spacial score (nSPS) is 22.5. The molecule has 2 amide bonds. The molecular formula is C33H26N2O4. The summed E-state index contributed by atoms with van der Waals surface area (Å²) < 4.78 is 11.5. The fourth-order valence-corrected chi connectivity index (χ4v) is 6.52. The number of hydrazone groups is 1. The van der Waals surface area contributed by atoms with Crippen LogP contribution in [-0.4, -0.2) is 30.1 Å². The molecule has 2 bridgehead atoms. The molecule has 192 valence electrons. The molecule has 1 saturated heterocycles. The number of hydrogen-bond donors (Lipinski definition) is 0. The van der Waals surface area contributed by atoms with Gasteiger partial charge in [0, 0.05) is 11.8 Å². The van der Waals surface area contributed by atoms with Crippen molar-refractivity contribution >= 4 is 18.0 Å². The van der Waals surface area contributed by atoms with Crippen LogP contribution >= 0.6 is 0 Å². The van der Waals surface area contributed by atoms with E-state index in [1.54, 1.807) is 19.4 Å². The third kappa shape index (κ3) is 3.67. The molecule has 6 heteroatoms. The molecular weight excluding hydrogens is 488 g/mol. The van der Waals surface area contributed by atoms with Crippen molar-refractivity contribution < 1.29 is 19.1 Å². The van der Waals surface area contributed by atoms with Gasteiger partial charge in [-0.15, -0.1) is 0 Å². The number of carbonyl (C=O) groups excluding carboxylic acids is 2. The Bertz CT molecular complexity index is 1510. The second-order valence-corrected chi connectivity index (χ2v) is 10.2. The predicted octanol–water partition coefficient (Wildman–Crippen LogP) is 5.50. The monoisotopic (exact) mass is 514 g/mol. The Balaban J connectivity index is 1.17. The quantitative estimate of drug-likeness (QED) is 0.252. The van der Waals surface area contributed by atoms with Gasteiger partial charge < -0.3 is 9.47 Å². The molecule has 1 aliphatic heterocycles. The summed E-state index contributed by atoms with van der Waals surface area (Å²) in [7, 11) is 1.58. The molecule has 0 aromatic heterocycles. The molecule has 3 aliphatic carbocycles. The van der Waals surface area contributed by atoms with Crippen LogP contribution in [0.3, 0.4) is 0 Å². The molecule has 0 spiro atoms. The van der Waals surface area contributed by atoms with Crippen LogP contribution in [0.5, 0.6) is 11.5 Å². The standard InChI is InChI=1S/C33H26N2O4/c1-38-27-17-21(15-16-26(27)39-19-20-9-3-2-4-10-20)18-34-35-32(36)30-28-22-11-5-6-12-23(22)29(31(30)33(35)37)25-14-8-7-13-24(25)28/h2-18,28-31H,19H2,1H3/b34-18-/t28?,29?,30-,31+. The molecule has 6 nitrogen and oxygen atoms in total. The van der Waals surface area contributed by atoms with Gasteiger partial charge in [0.2, 0.25) is 0 Å². The Hall–Kier alpha value is -4.71. The van der Waals surface area contributed by atoms with Gasteiger partial charge in [0.05, 0.1) is 25.2 Å². The summed E-state index contributed by atoms with van der Waals surface area (Å²) in [5, 5.41) is 5.50. The highest BCUT2D eigenvalue weighted by molar-refractivity contribution is 6.08. The highest BCUT2D eigenvalue weighted by Crippen LogP contribution is 2.60. The molecule has 2 atom stereocenters. The lowest BCUT2D eigenvalue weighted by Gasteiger charge is -2.45. The third-order valence-electron chi connectivity index (χ3n) is 8.17. The number of rotatable bonds is 6. The summed E-state index contributed by atoms with van der Waals surface area (Å²) in [5.41, 5.74) is 6.32. The first kappa shape index (κ1) is 23.4. The van der Waals surface area contributed by atoms with Crippen LogP contribution < -0.4 is 9.47 Å². The average Bonchev–Trinajstić information content (AvgIpc) is 3.25. The molecule has 0 unspecified atom stereocenters. The number of hydrogen-bond acceptors (Lipinski definition) is 5. The zero-order valence-corrected chi connectivity index (χ0v) is 21.4. The molecule has 0 radical (unpaired) electrons. The van der Waals surface area contributed by atoms with Crippen molar-refractivity contribution in [2.75, 3.05) is 7.11 Å². The van der Waals surface area contributed by atoms with Crippen molar-refractivity contribution in [1.29, 1.82) is 0 Å². The topological polar surface area (TPSA) is 68.2 Å². The number of amides is 2. The zero-order chi connectivity index (χ0) is 26.5. The van der Waals surface area contributed by atoms with Gasteiger partial charge in [0.1, 0.15) is 6.61 Å². The fourth-order valence-electron chi connectivity index (χ4n) is 6.52. The van der Waals surface area contributed by atoms with E-state index in [4.69, 9.17) is 9.47 Å². The van der Waals surface area contributed by atoms with E-state index in [1.165, 1.54) is 0 Å². The third-order valence-corrected chi connectivity index (χ3v) is 8.17. The second-order valence-electron chi connectivity index (χ2n) is 10.2. The first-order valence-electron chi connectivity index (χ1n) is 13.1. The minimum atomic E-state index is -0.451. The summed E-state index contributed by atoms with van der Waals surface area (Å²) in [4.78, 5) is 27.4. The number of methoxy groups -OCH3 is 1. The summed E-state index contributed by atoms with van der Waals surface area (Å²) in [6.07, 6.45) is 1.54. The van der Waals surface area contributed by atoms with Gasteiger partial charge in [0.25, 0.3) is 11.8 Å². The average molecular weight is 515 g/mol. The van der Waals surface area contributed by atoms with E-state index in [0.717, 1.165) is 32.8 Å². The Labute approximate surface area is 226 Å². The molecule has 4 aliphatic rings. The number of carbonyl (C=O) groups is 2. The Morgan fingerprint density at radius 1 is 0.718 bits per heavy atom. The van der Waals surface area contributed by atoms with Gasteiger partial charge in [-0.1, -0.05) is 78.9 Å². The predicted molar refractivity (Wildman–Crippen MR) is 147 cm³/mol. The van der Waals surface area contributed by atoms with Gasteiger partial charge in [-0.25, -0.2) is 0 Å². The highest BCUT2D eigenvalue weighted by atomic mass is 16.5. The smallest absolute Gasteiger partial charge is 0.254 e. The van der Waals surface area contributed by atoms with E-state index in [-0.39, 0.29) is 23.7 Å². The molecule has 1 fully saturated rings. The minimum absolute atomic E-state index is 0.148. The van der Waals surface area contributed by atoms with Gasteiger partial charge in [-0.05, 0) is 51.6 Å². The van der Waals surface area contributed by atoms with E-state index < -0.39 is 11.8 Å². The highest BCUT2D eigenvalue weighted by Gasteiger charge is 2.61. The Kier molecular flexibility index (Phi) is 5.55. The largest absolute Gasteiger partial charge is 0.493 e. The molecule has 39 heavy (non-hydrogen) atoms. The maximum absolute atomic E-state index is 13.7. The van der Waals surface area contributed by atoms with Crippen LogP contribution in [0.1, 0.15) is 45.2 Å². The van der Waals surface area contributed by atoms with E-state index in [1.807, 2.05) is 66.7 Å². The van der Waals surface area contributed by atoms with Crippen LogP contribution in [0.2, 0.25) is 0 Å². The maximum Gasteiger partial charge on any atom is 0.254 e. The SMILES string of the molecule is COc1cc(/C=N\N2C(=O)[C@@H]3C4c5ccccc5C(c5ccccc54)[C@@H]3C2=O)ccc1OCc1ccccc1. The van der Waals surface area contributed by atoms with Crippen molar-refractivity contribution in [3.8, 4) is 11.5 Å². The summed E-state index contributed by atoms with van der Waals surface area (Å²) in [6.45, 7) is 0.414.